The lowest BCUT2D eigenvalue weighted by Crippen LogP contribution is -2.51. The molecule has 1 aliphatic heterocycles. The molecule has 1 fully saturated rings. The summed E-state index contributed by atoms with van der Waals surface area (Å²) in [7, 11) is 0. The van der Waals surface area contributed by atoms with Gasteiger partial charge in [0.25, 0.3) is 5.91 Å². The van der Waals surface area contributed by atoms with Crippen molar-refractivity contribution in [3.63, 3.8) is 0 Å². The number of benzene rings is 2. The Kier molecular flexibility index (Phi) is 4.95. The summed E-state index contributed by atoms with van der Waals surface area (Å²) in [6.07, 6.45) is 2.71. The summed E-state index contributed by atoms with van der Waals surface area (Å²) >= 11 is 0. The largest absolute Gasteiger partial charge is 0.360 e. The first-order valence-corrected chi connectivity index (χ1v) is 9.81. The number of aromatic amines is 1. The van der Waals surface area contributed by atoms with Crippen molar-refractivity contribution < 1.29 is 14.4 Å². The third-order valence-corrected chi connectivity index (χ3v) is 5.80. The van der Waals surface area contributed by atoms with Gasteiger partial charge in [-0.1, -0.05) is 31.2 Å². The maximum absolute atomic E-state index is 12.6. The monoisotopic (exact) mass is 403 g/mol. The molecule has 1 atom stereocenters. The Labute approximate surface area is 172 Å². The van der Waals surface area contributed by atoms with E-state index in [0.717, 1.165) is 5.56 Å². The quantitative estimate of drug-likeness (QED) is 0.582. The molecule has 152 valence electrons. The SMILES string of the molecule is CC[C@]1(c2ccc(NC(=O)c3c[nH]c4ccccc4c3=O)cc2)CCC(=O)NC1=O. The van der Waals surface area contributed by atoms with E-state index in [0.29, 0.717) is 35.9 Å². The lowest BCUT2D eigenvalue weighted by molar-refractivity contribution is -0.138. The van der Waals surface area contributed by atoms with Crippen molar-refractivity contribution in [3.8, 4) is 0 Å². The minimum absolute atomic E-state index is 0.0213. The zero-order chi connectivity index (χ0) is 21.3. The minimum Gasteiger partial charge on any atom is -0.360 e. The van der Waals surface area contributed by atoms with Crippen molar-refractivity contribution in [2.75, 3.05) is 5.32 Å². The van der Waals surface area contributed by atoms with Gasteiger partial charge in [0.2, 0.25) is 17.2 Å². The van der Waals surface area contributed by atoms with Crippen molar-refractivity contribution in [1.29, 1.82) is 0 Å². The predicted molar refractivity (Wildman–Crippen MR) is 113 cm³/mol. The highest BCUT2D eigenvalue weighted by molar-refractivity contribution is 6.06. The third kappa shape index (κ3) is 3.28. The number of para-hydroxylation sites is 1. The van der Waals surface area contributed by atoms with Gasteiger partial charge in [0.05, 0.1) is 5.41 Å². The molecule has 3 aromatic rings. The first-order valence-electron chi connectivity index (χ1n) is 9.81. The number of carbonyl (C=O) groups is 3. The Balaban J connectivity index is 1.57. The van der Waals surface area contributed by atoms with Gasteiger partial charge in [0, 0.05) is 29.2 Å². The van der Waals surface area contributed by atoms with Crippen molar-refractivity contribution in [1.82, 2.24) is 10.3 Å². The van der Waals surface area contributed by atoms with E-state index >= 15 is 0 Å². The summed E-state index contributed by atoms with van der Waals surface area (Å²) < 4.78 is 0. The number of aromatic nitrogens is 1. The standard InChI is InChI=1S/C23H21N3O4/c1-2-23(12-11-19(27)26-22(23)30)14-7-9-15(10-8-14)25-21(29)17-13-24-18-6-4-3-5-16(18)20(17)28/h3-10,13H,2,11-12H2,1H3,(H,24,28)(H,25,29)(H,26,27,30)/t23-/m1/s1. The molecular weight excluding hydrogens is 382 g/mol. The molecule has 1 aliphatic rings. The molecule has 7 nitrogen and oxygen atoms in total. The topological polar surface area (TPSA) is 108 Å². The number of H-pyrrole nitrogens is 1. The first kappa shape index (κ1) is 19.6. The summed E-state index contributed by atoms with van der Waals surface area (Å²) in [4.78, 5) is 52.2. The Hall–Kier alpha value is -3.74. The van der Waals surface area contributed by atoms with Crippen LogP contribution in [0.1, 0.15) is 42.1 Å². The van der Waals surface area contributed by atoms with E-state index < -0.39 is 11.3 Å². The highest BCUT2D eigenvalue weighted by Gasteiger charge is 2.42. The number of pyridine rings is 1. The lowest BCUT2D eigenvalue weighted by atomic mass is 9.72. The van der Waals surface area contributed by atoms with Crippen LogP contribution in [0.2, 0.25) is 0 Å². The Morgan fingerprint density at radius 3 is 2.50 bits per heavy atom. The van der Waals surface area contributed by atoms with Crippen molar-refractivity contribution in [2.45, 2.75) is 31.6 Å². The van der Waals surface area contributed by atoms with Crippen LogP contribution in [0.5, 0.6) is 0 Å². The summed E-state index contributed by atoms with van der Waals surface area (Å²) in [5.74, 6) is -1.06. The van der Waals surface area contributed by atoms with Crippen molar-refractivity contribution in [2.24, 2.45) is 0 Å². The maximum atomic E-state index is 12.6. The van der Waals surface area contributed by atoms with E-state index in [1.54, 1.807) is 42.5 Å². The molecule has 7 heteroatoms. The zero-order valence-electron chi connectivity index (χ0n) is 16.5. The van der Waals surface area contributed by atoms with Crippen LogP contribution in [-0.2, 0) is 15.0 Å². The van der Waals surface area contributed by atoms with Crippen LogP contribution in [0, 0.1) is 0 Å². The number of carbonyl (C=O) groups excluding carboxylic acids is 3. The van der Waals surface area contributed by atoms with Gasteiger partial charge in [-0.15, -0.1) is 0 Å². The Morgan fingerprint density at radius 2 is 1.80 bits per heavy atom. The molecule has 0 bridgehead atoms. The van der Waals surface area contributed by atoms with E-state index in [-0.39, 0.29) is 22.8 Å². The maximum Gasteiger partial charge on any atom is 0.261 e. The number of fused-ring (bicyclic) bond motifs is 1. The second-order valence-electron chi connectivity index (χ2n) is 7.42. The van der Waals surface area contributed by atoms with Crippen molar-refractivity contribution >= 4 is 34.3 Å². The normalized spacial score (nSPS) is 18.8. The van der Waals surface area contributed by atoms with Gasteiger partial charge >= 0.3 is 0 Å². The third-order valence-electron chi connectivity index (χ3n) is 5.80. The zero-order valence-corrected chi connectivity index (χ0v) is 16.5. The van der Waals surface area contributed by atoms with Gasteiger partial charge in [-0.3, -0.25) is 24.5 Å². The van der Waals surface area contributed by atoms with E-state index in [2.05, 4.69) is 15.6 Å². The molecule has 3 amide bonds. The molecule has 0 saturated carbocycles. The van der Waals surface area contributed by atoms with Crippen LogP contribution in [0.4, 0.5) is 5.69 Å². The van der Waals surface area contributed by atoms with Gasteiger partial charge in [0.1, 0.15) is 5.56 Å². The number of amides is 3. The fourth-order valence-electron chi connectivity index (χ4n) is 3.97. The second-order valence-corrected chi connectivity index (χ2v) is 7.42. The van der Waals surface area contributed by atoms with Gasteiger partial charge < -0.3 is 10.3 Å². The Bertz CT molecular complexity index is 1210. The van der Waals surface area contributed by atoms with Crippen molar-refractivity contribution in [3.05, 3.63) is 76.1 Å². The average molecular weight is 403 g/mol. The number of hydrogen-bond donors (Lipinski definition) is 3. The van der Waals surface area contributed by atoms with Crippen LogP contribution in [0.3, 0.4) is 0 Å². The van der Waals surface area contributed by atoms with Gasteiger partial charge in [0.15, 0.2) is 0 Å². The number of hydrogen-bond acceptors (Lipinski definition) is 4. The molecule has 0 spiro atoms. The van der Waals surface area contributed by atoms with Crippen LogP contribution in [-0.4, -0.2) is 22.7 Å². The average Bonchev–Trinajstić information content (AvgIpc) is 2.75. The molecular formula is C23H21N3O4. The summed E-state index contributed by atoms with van der Waals surface area (Å²) in [6.45, 7) is 1.91. The molecule has 30 heavy (non-hydrogen) atoms. The molecule has 2 heterocycles. The Morgan fingerprint density at radius 1 is 1.07 bits per heavy atom. The number of piperidine rings is 1. The second kappa shape index (κ2) is 7.59. The van der Waals surface area contributed by atoms with Gasteiger partial charge in [-0.05, 0) is 42.7 Å². The highest BCUT2D eigenvalue weighted by atomic mass is 16.2. The smallest absolute Gasteiger partial charge is 0.261 e. The molecule has 4 rings (SSSR count). The van der Waals surface area contributed by atoms with E-state index in [9.17, 15) is 19.2 Å². The summed E-state index contributed by atoms with van der Waals surface area (Å²) in [5.41, 5.74) is 0.884. The molecule has 1 saturated heterocycles. The van der Waals surface area contributed by atoms with Crippen LogP contribution in [0.15, 0.2) is 59.5 Å². The molecule has 0 aliphatic carbocycles. The minimum atomic E-state index is -0.758. The number of nitrogens with one attached hydrogen (secondary N) is 3. The molecule has 3 N–H and O–H groups in total. The lowest BCUT2D eigenvalue weighted by Gasteiger charge is -2.35. The van der Waals surface area contributed by atoms with Crippen LogP contribution in [0.25, 0.3) is 10.9 Å². The first-order chi connectivity index (χ1) is 14.4. The van der Waals surface area contributed by atoms with Gasteiger partial charge in [-0.25, -0.2) is 0 Å². The number of anilines is 1. The molecule has 0 radical (unpaired) electrons. The van der Waals surface area contributed by atoms with Gasteiger partial charge in [-0.2, -0.15) is 0 Å². The summed E-state index contributed by atoms with van der Waals surface area (Å²) in [6, 6.07) is 14.0. The van der Waals surface area contributed by atoms with E-state index in [1.165, 1.54) is 6.20 Å². The van der Waals surface area contributed by atoms with Crippen LogP contribution < -0.4 is 16.1 Å². The predicted octanol–water partition coefficient (Wildman–Crippen LogP) is 2.86. The van der Waals surface area contributed by atoms with E-state index in [1.807, 2.05) is 13.0 Å². The molecule has 2 aromatic carbocycles. The molecule has 1 aromatic heterocycles. The fraction of sp³-hybridized carbons (Fsp3) is 0.217. The van der Waals surface area contributed by atoms with E-state index in [4.69, 9.17) is 0 Å². The number of rotatable bonds is 4. The fourth-order valence-corrected chi connectivity index (χ4v) is 3.97. The molecule has 0 unspecified atom stereocenters. The van der Waals surface area contributed by atoms with Crippen LogP contribution >= 0.6 is 0 Å². The summed E-state index contributed by atoms with van der Waals surface area (Å²) in [5, 5.41) is 5.60. The highest BCUT2D eigenvalue weighted by Crippen LogP contribution is 2.36. The number of imide groups is 1.